The summed E-state index contributed by atoms with van der Waals surface area (Å²) in [5.74, 6) is -0.959. The van der Waals surface area contributed by atoms with Crippen LogP contribution in [0.3, 0.4) is 0 Å². The van der Waals surface area contributed by atoms with Crippen molar-refractivity contribution < 1.29 is 13.9 Å². The number of benzene rings is 1. The fourth-order valence-corrected chi connectivity index (χ4v) is 1.59. The standard InChI is InChI=1S/C12H11FN4O2.C2H6/c1-19-9-3-2-6(13)4-7(9)10(18)8-5-16-12(15)17-11(8)14;1-2/h2-5H,1H3,(H4,14,15,16,17);1-2H3. The van der Waals surface area contributed by atoms with E-state index in [0.29, 0.717) is 0 Å². The van der Waals surface area contributed by atoms with Crippen LogP contribution in [0, 0.1) is 5.82 Å². The van der Waals surface area contributed by atoms with Gasteiger partial charge in [0.15, 0.2) is 0 Å². The molecule has 0 saturated carbocycles. The average Bonchev–Trinajstić information content (AvgIpc) is 2.48. The Bertz CT molecular complexity index is 647. The second-order valence-corrected chi connectivity index (χ2v) is 3.70. The Kier molecular flexibility index (Phi) is 5.59. The quantitative estimate of drug-likeness (QED) is 0.839. The lowest BCUT2D eigenvalue weighted by atomic mass is 10.0. The van der Waals surface area contributed by atoms with Gasteiger partial charge < -0.3 is 16.2 Å². The molecule has 112 valence electrons. The van der Waals surface area contributed by atoms with E-state index >= 15 is 0 Å². The summed E-state index contributed by atoms with van der Waals surface area (Å²) in [6.07, 6.45) is 1.20. The number of methoxy groups -OCH3 is 1. The van der Waals surface area contributed by atoms with Crippen LogP contribution in [0.25, 0.3) is 0 Å². The number of ketones is 1. The van der Waals surface area contributed by atoms with E-state index in [1.807, 2.05) is 13.8 Å². The van der Waals surface area contributed by atoms with Gasteiger partial charge in [0, 0.05) is 6.20 Å². The second kappa shape index (κ2) is 7.18. The smallest absolute Gasteiger partial charge is 0.221 e. The molecule has 0 aliphatic heterocycles. The molecule has 2 aromatic rings. The van der Waals surface area contributed by atoms with Crippen molar-refractivity contribution in [3.8, 4) is 5.75 Å². The van der Waals surface area contributed by atoms with Crippen molar-refractivity contribution in [1.82, 2.24) is 9.97 Å². The van der Waals surface area contributed by atoms with Crippen LogP contribution in [0.1, 0.15) is 29.8 Å². The number of hydrogen-bond acceptors (Lipinski definition) is 6. The zero-order chi connectivity index (χ0) is 16.0. The average molecular weight is 292 g/mol. The van der Waals surface area contributed by atoms with E-state index in [0.717, 1.165) is 6.07 Å². The van der Waals surface area contributed by atoms with Gasteiger partial charge in [-0.05, 0) is 18.2 Å². The minimum atomic E-state index is -0.556. The minimum absolute atomic E-state index is 0.0399. The molecule has 7 heteroatoms. The lowest BCUT2D eigenvalue weighted by Crippen LogP contribution is -2.11. The number of aromatic nitrogens is 2. The summed E-state index contributed by atoms with van der Waals surface area (Å²) in [7, 11) is 1.38. The Balaban J connectivity index is 0.00000106. The summed E-state index contributed by atoms with van der Waals surface area (Å²) in [6, 6.07) is 3.62. The van der Waals surface area contributed by atoms with E-state index in [4.69, 9.17) is 16.2 Å². The highest BCUT2D eigenvalue weighted by atomic mass is 19.1. The number of nitrogens with two attached hydrogens (primary N) is 2. The number of hydrogen-bond donors (Lipinski definition) is 2. The van der Waals surface area contributed by atoms with E-state index in [1.165, 1.54) is 25.4 Å². The maximum Gasteiger partial charge on any atom is 0.221 e. The van der Waals surface area contributed by atoms with Gasteiger partial charge in [0.25, 0.3) is 0 Å². The third kappa shape index (κ3) is 3.65. The third-order valence-electron chi connectivity index (χ3n) is 2.49. The fourth-order valence-electron chi connectivity index (χ4n) is 1.59. The van der Waals surface area contributed by atoms with Gasteiger partial charge in [-0.1, -0.05) is 13.8 Å². The van der Waals surface area contributed by atoms with Gasteiger partial charge in [0.1, 0.15) is 17.4 Å². The van der Waals surface area contributed by atoms with E-state index in [2.05, 4.69) is 9.97 Å². The number of ether oxygens (including phenoxy) is 1. The number of rotatable bonds is 3. The molecule has 2 rings (SSSR count). The van der Waals surface area contributed by atoms with Crippen molar-refractivity contribution in [2.45, 2.75) is 13.8 Å². The van der Waals surface area contributed by atoms with Crippen molar-refractivity contribution >= 4 is 17.5 Å². The molecule has 1 aromatic heterocycles. The first-order chi connectivity index (χ1) is 10.0. The normalized spacial score (nSPS) is 9.52. The number of nitrogen functional groups attached to an aromatic ring is 2. The Labute approximate surface area is 122 Å². The van der Waals surface area contributed by atoms with E-state index in [9.17, 15) is 9.18 Å². The molecule has 0 unspecified atom stereocenters. The van der Waals surface area contributed by atoms with Gasteiger partial charge in [-0.25, -0.2) is 9.37 Å². The van der Waals surface area contributed by atoms with Gasteiger partial charge in [-0.2, -0.15) is 4.98 Å². The molecule has 0 atom stereocenters. The Hall–Kier alpha value is -2.70. The molecular weight excluding hydrogens is 275 g/mol. The third-order valence-corrected chi connectivity index (χ3v) is 2.49. The van der Waals surface area contributed by atoms with Crippen molar-refractivity contribution in [2.75, 3.05) is 18.6 Å². The number of nitrogens with zero attached hydrogens (tertiary/aromatic N) is 2. The van der Waals surface area contributed by atoms with Crippen LogP contribution in [0.2, 0.25) is 0 Å². The van der Waals surface area contributed by atoms with Crippen LogP contribution in [0.15, 0.2) is 24.4 Å². The summed E-state index contributed by atoms with van der Waals surface area (Å²) in [5, 5.41) is 0. The summed E-state index contributed by atoms with van der Waals surface area (Å²) < 4.78 is 18.2. The van der Waals surface area contributed by atoms with Crippen molar-refractivity contribution in [2.24, 2.45) is 0 Å². The molecule has 0 saturated heterocycles. The maximum absolute atomic E-state index is 13.2. The van der Waals surface area contributed by atoms with E-state index in [-0.39, 0.29) is 28.6 Å². The van der Waals surface area contributed by atoms with Crippen LogP contribution >= 0.6 is 0 Å². The molecule has 0 spiro atoms. The van der Waals surface area contributed by atoms with Gasteiger partial charge in [0.2, 0.25) is 11.7 Å². The molecule has 0 aliphatic rings. The molecule has 0 fully saturated rings. The zero-order valence-corrected chi connectivity index (χ0v) is 12.1. The first kappa shape index (κ1) is 16.4. The predicted molar refractivity (Wildman–Crippen MR) is 78.6 cm³/mol. The van der Waals surface area contributed by atoms with Crippen LogP contribution in [-0.2, 0) is 0 Å². The molecule has 0 bridgehead atoms. The molecule has 1 heterocycles. The Morgan fingerprint density at radius 1 is 1.24 bits per heavy atom. The second-order valence-electron chi connectivity index (χ2n) is 3.70. The number of halogens is 1. The topological polar surface area (TPSA) is 104 Å². The summed E-state index contributed by atoms with van der Waals surface area (Å²) in [4.78, 5) is 19.6. The lowest BCUT2D eigenvalue weighted by Gasteiger charge is -2.08. The highest BCUT2D eigenvalue weighted by molar-refractivity contribution is 6.13. The first-order valence-electron chi connectivity index (χ1n) is 6.29. The first-order valence-corrected chi connectivity index (χ1v) is 6.29. The molecule has 1 aromatic carbocycles. The molecule has 6 nitrogen and oxygen atoms in total. The van der Waals surface area contributed by atoms with Gasteiger partial charge >= 0.3 is 0 Å². The maximum atomic E-state index is 13.2. The Morgan fingerprint density at radius 2 is 1.90 bits per heavy atom. The van der Waals surface area contributed by atoms with Crippen molar-refractivity contribution in [3.05, 3.63) is 41.3 Å². The molecule has 4 N–H and O–H groups in total. The van der Waals surface area contributed by atoms with Gasteiger partial charge in [-0.15, -0.1) is 0 Å². The number of carbonyl (C=O) groups is 1. The van der Waals surface area contributed by atoms with E-state index < -0.39 is 11.6 Å². The van der Waals surface area contributed by atoms with Crippen LogP contribution in [0.4, 0.5) is 16.2 Å². The van der Waals surface area contributed by atoms with Crippen molar-refractivity contribution in [1.29, 1.82) is 0 Å². The molecule has 0 amide bonds. The summed E-state index contributed by atoms with van der Waals surface area (Å²) in [6.45, 7) is 4.00. The fraction of sp³-hybridized carbons (Fsp3) is 0.214. The SMILES string of the molecule is CC.COc1ccc(F)cc1C(=O)c1cnc(N)nc1N. The molecule has 21 heavy (non-hydrogen) atoms. The van der Waals surface area contributed by atoms with Crippen molar-refractivity contribution in [3.63, 3.8) is 0 Å². The van der Waals surface area contributed by atoms with E-state index in [1.54, 1.807) is 0 Å². The van der Waals surface area contributed by atoms with Crippen LogP contribution < -0.4 is 16.2 Å². The monoisotopic (exact) mass is 292 g/mol. The zero-order valence-electron chi connectivity index (χ0n) is 12.1. The molecular formula is C14H17FN4O2. The lowest BCUT2D eigenvalue weighted by molar-refractivity contribution is 0.103. The summed E-state index contributed by atoms with van der Waals surface area (Å²) in [5.41, 5.74) is 11.0. The van der Waals surface area contributed by atoms with Crippen LogP contribution in [0.5, 0.6) is 5.75 Å². The van der Waals surface area contributed by atoms with Gasteiger partial charge in [0.05, 0.1) is 18.2 Å². The Morgan fingerprint density at radius 3 is 2.48 bits per heavy atom. The molecule has 0 radical (unpaired) electrons. The van der Waals surface area contributed by atoms with Crippen LogP contribution in [-0.4, -0.2) is 22.9 Å². The summed E-state index contributed by atoms with van der Waals surface area (Å²) >= 11 is 0. The highest BCUT2D eigenvalue weighted by Gasteiger charge is 2.19. The number of anilines is 2. The van der Waals surface area contributed by atoms with Gasteiger partial charge in [-0.3, -0.25) is 4.79 Å². The largest absolute Gasteiger partial charge is 0.496 e. The highest BCUT2D eigenvalue weighted by Crippen LogP contribution is 2.24. The predicted octanol–water partition coefficient (Wildman–Crippen LogP) is 2.05. The number of carbonyl (C=O) groups excluding carboxylic acids is 1. The molecule has 0 aliphatic carbocycles. The minimum Gasteiger partial charge on any atom is -0.496 e.